The van der Waals surface area contributed by atoms with Gasteiger partial charge in [-0.2, -0.15) is 0 Å². The van der Waals surface area contributed by atoms with Crippen molar-refractivity contribution in [1.29, 1.82) is 0 Å². The van der Waals surface area contributed by atoms with E-state index in [1.165, 1.54) is 0 Å². The van der Waals surface area contributed by atoms with Crippen molar-refractivity contribution in [2.24, 2.45) is 0 Å². The average Bonchev–Trinajstić information content (AvgIpc) is 2.49. The summed E-state index contributed by atoms with van der Waals surface area (Å²) in [7, 11) is -3.28. The molecule has 2 rings (SSSR count). The first-order chi connectivity index (χ1) is 10.4. The van der Waals surface area contributed by atoms with E-state index >= 15 is 0 Å². The van der Waals surface area contributed by atoms with Gasteiger partial charge in [0.15, 0.2) is 0 Å². The molecule has 22 heavy (non-hydrogen) atoms. The van der Waals surface area contributed by atoms with Crippen LogP contribution in [-0.4, -0.2) is 43.6 Å². The molecule has 1 saturated heterocycles. The zero-order chi connectivity index (χ0) is 16.2. The molecular formula is C16H24N2O3S. The molecule has 1 amide bonds. The quantitative estimate of drug-likeness (QED) is 0.893. The van der Waals surface area contributed by atoms with Gasteiger partial charge in [-0.25, -0.2) is 13.1 Å². The minimum absolute atomic E-state index is 0.00123. The van der Waals surface area contributed by atoms with Gasteiger partial charge in [0.2, 0.25) is 15.9 Å². The number of nitrogens with zero attached hydrogens (tertiary/aromatic N) is 1. The van der Waals surface area contributed by atoms with Crippen LogP contribution >= 0.6 is 0 Å². The molecule has 1 heterocycles. The molecule has 1 aromatic rings. The lowest BCUT2D eigenvalue weighted by molar-refractivity contribution is -0.133. The fourth-order valence-corrected chi connectivity index (χ4v) is 3.91. The van der Waals surface area contributed by atoms with Crippen LogP contribution < -0.4 is 4.72 Å². The first-order valence-electron chi connectivity index (χ1n) is 7.74. The van der Waals surface area contributed by atoms with Crippen molar-refractivity contribution in [3.8, 4) is 0 Å². The van der Waals surface area contributed by atoms with E-state index < -0.39 is 10.0 Å². The highest BCUT2D eigenvalue weighted by molar-refractivity contribution is 7.89. The van der Waals surface area contributed by atoms with Gasteiger partial charge in [0.25, 0.3) is 0 Å². The van der Waals surface area contributed by atoms with Crippen molar-refractivity contribution < 1.29 is 13.2 Å². The third-order valence-electron chi connectivity index (χ3n) is 4.18. The molecule has 0 unspecified atom stereocenters. The van der Waals surface area contributed by atoms with Crippen LogP contribution in [0.15, 0.2) is 30.3 Å². The van der Waals surface area contributed by atoms with Crippen LogP contribution in [0.5, 0.6) is 0 Å². The predicted molar refractivity (Wildman–Crippen MR) is 86.9 cm³/mol. The Kier molecular flexibility index (Phi) is 5.58. The van der Waals surface area contributed by atoms with Crippen LogP contribution in [0.3, 0.4) is 0 Å². The summed E-state index contributed by atoms with van der Waals surface area (Å²) in [4.78, 5) is 13.7. The Balaban J connectivity index is 2.23. The van der Waals surface area contributed by atoms with Gasteiger partial charge in [-0.15, -0.1) is 0 Å². The molecule has 0 spiro atoms. The van der Waals surface area contributed by atoms with Crippen LogP contribution in [0.25, 0.3) is 0 Å². The first-order valence-corrected chi connectivity index (χ1v) is 9.39. The topological polar surface area (TPSA) is 66.5 Å². The average molecular weight is 324 g/mol. The molecule has 0 bridgehead atoms. The van der Waals surface area contributed by atoms with Crippen molar-refractivity contribution in [2.75, 3.05) is 12.3 Å². The van der Waals surface area contributed by atoms with Crippen molar-refractivity contribution in [3.63, 3.8) is 0 Å². The molecule has 122 valence electrons. The van der Waals surface area contributed by atoms with E-state index in [1.54, 1.807) is 18.7 Å². The van der Waals surface area contributed by atoms with Crippen LogP contribution in [0, 0.1) is 0 Å². The zero-order valence-corrected chi connectivity index (χ0v) is 14.0. The van der Waals surface area contributed by atoms with Gasteiger partial charge >= 0.3 is 0 Å². The van der Waals surface area contributed by atoms with Gasteiger partial charge in [-0.1, -0.05) is 30.3 Å². The molecule has 1 aliphatic rings. The summed E-state index contributed by atoms with van der Waals surface area (Å²) in [6.07, 6.45) is 2.25. The molecule has 1 N–H and O–H groups in total. The zero-order valence-electron chi connectivity index (χ0n) is 13.2. The maximum absolute atomic E-state index is 11.9. The van der Waals surface area contributed by atoms with E-state index in [0.29, 0.717) is 13.0 Å². The van der Waals surface area contributed by atoms with Crippen molar-refractivity contribution in [1.82, 2.24) is 9.62 Å². The highest BCUT2D eigenvalue weighted by atomic mass is 32.2. The fraction of sp³-hybridized carbons (Fsp3) is 0.562. The second-order valence-electron chi connectivity index (χ2n) is 5.74. The molecule has 1 fully saturated rings. The summed E-state index contributed by atoms with van der Waals surface area (Å²) in [6.45, 7) is 3.87. The van der Waals surface area contributed by atoms with Crippen LogP contribution in [0.1, 0.15) is 32.3 Å². The van der Waals surface area contributed by atoms with Gasteiger partial charge < -0.3 is 4.90 Å². The number of rotatable bonds is 5. The highest BCUT2D eigenvalue weighted by Gasteiger charge is 2.34. The van der Waals surface area contributed by atoms with Crippen molar-refractivity contribution in [3.05, 3.63) is 35.9 Å². The molecule has 6 heteroatoms. The van der Waals surface area contributed by atoms with Gasteiger partial charge in [0, 0.05) is 19.5 Å². The first kappa shape index (κ1) is 17.0. The maximum Gasteiger partial charge on any atom is 0.219 e. The number of sulfonamides is 1. The van der Waals surface area contributed by atoms with Gasteiger partial charge in [-0.05, 0) is 31.7 Å². The monoisotopic (exact) mass is 324 g/mol. The lowest BCUT2D eigenvalue weighted by Crippen LogP contribution is -2.57. The second kappa shape index (κ2) is 7.24. The Morgan fingerprint density at radius 1 is 1.32 bits per heavy atom. The van der Waals surface area contributed by atoms with E-state index in [1.807, 2.05) is 30.3 Å². The number of likely N-dealkylation sites (tertiary alicyclic amines) is 1. The maximum atomic E-state index is 11.9. The Morgan fingerprint density at radius 2 is 2.00 bits per heavy atom. The SMILES string of the molecule is CCS(=O)(=O)N[C@H]1CCCN(C(C)=O)[C@H]1Cc1ccccc1. The molecule has 1 aromatic carbocycles. The number of carbonyl (C=O) groups excluding carboxylic acids is 1. The normalized spacial score (nSPS) is 22.5. The van der Waals surface area contributed by atoms with E-state index in [-0.39, 0.29) is 23.7 Å². The van der Waals surface area contributed by atoms with Crippen molar-refractivity contribution >= 4 is 15.9 Å². The number of carbonyl (C=O) groups is 1. The molecule has 1 aliphatic heterocycles. The van der Waals surface area contributed by atoms with E-state index in [9.17, 15) is 13.2 Å². The standard InChI is InChI=1S/C16H24N2O3S/c1-3-22(20,21)17-15-10-7-11-18(13(2)19)16(15)12-14-8-5-4-6-9-14/h4-6,8-9,15-17H,3,7,10-12H2,1-2H3/t15-,16-/m0/s1. The molecule has 2 atom stereocenters. The summed E-state index contributed by atoms with van der Waals surface area (Å²) in [5, 5.41) is 0. The minimum atomic E-state index is -3.28. The molecule has 0 saturated carbocycles. The summed E-state index contributed by atoms with van der Waals surface area (Å²) in [6, 6.07) is 9.54. The Morgan fingerprint density at radius 3 is 2.59 bits per heavy atom. The summed E-state index contributed by atoms with van der Waals surface area (Å²) >= 11 is 0. The lowest BCUT2D eigenvalue weighted by atomic mass is 9.91. The molecule has 0 radical (unpaired) electrons. The highest BCUT2D eigenvalue weighted by Crippen LogP contribution is 2.22. The minimum Gasteiger partial charge on any atom is -0.338 e. The molecular weight excluding hydrogens is 300 g/mol. The summed E-state index contributed by atoms with van der Waals surface area (Å²) < 4.78 is 26.6. The van der Waals surface area contributed by atoms with E-state index in [4.69, 9.17) is 0 Å². The van der Waals surface area contributed by atoms with Crippen molar-refractivity contribution in [2.45, 2.75) is 45.2 Å². The Hall–Kier alpha value is -1.40. The van der Waals surface area contributed by atoms with Crippen LogP contribution in [0.4, 0.5) is 0 Å². The smallest absolute Gasteiger partial charge is 0.219 e. The van der Waals surface area contributed by atoms with Crippen LogP contribution in [-0.2, 0) is 21.2 Å². The fourth-order valence-electron chi connectivity index (χ4n) is 3.01. The van der Waals surface area contributed by atoms with Gasteiger partial charge in [0.05, 0.1) is 11.8 Å². The largest absolute Gasteiger partial charge is 0.338 e. The second-order valence-corrected chi connectivity index (χ2v) is 7.78. The molecule has 0 aliphatic carbocycles. The van der Waals surface area contributed by atoms with Gasteiger partial charge in [0.1, 0.15) is 0 Å². The molecule has 5 nitrogen and oxygen atoms in total. The molecule has 0 aromatic heterocycles. The number of piperidine rings is 1. The van der Waals surface area contributed by atoms with E-state index in [2.05, 4.69) is 4.72 Å². The number of hydrogen-bond donors (Lipinski definition) is 1. The third-order valence-corrected chi connectivity index (χ3v) is 5.60. The predicted octanol–water partition coefficient (Wildman–Crippen LogP) is 1.55. The Bertz CT molecular complexity index is 601. The summed E-state index contributed by atoms with van der Waals surface area (Å²) in [5.74, 6) is 0.0584. The number of benzene rings is 1. The summed E-state index contributed by atoms with van der Waals surface area (Å²) in [5.41, 5.74) is 1.11. The number of hydrogen-bond acceptors (Lipinski definition) is 3. The Labute approximate surface area is 132 Å². The van der Waals surface area contributed by atoms with Crippen LogP contribution in [0.2, 0.25) is 0 Å². The number of nitrogens with one attached hydrogen (secondary N) is 1. The van der Waals surface area contributed by atoms with Gasteiger partial charge in [-0.3, -0.25) is 4.79 Å². The third kappa shape index (κ3) is 4.30. The lowest BCUT2D eigenvalue weighted by Gasteiger charge is -2.41. The van der Waals surface area contributed by atoms with E-state index in [0.717, 1.165) is 18.4 Å². The number of amides is 1.